The van der Waals surface area contributed by atoms with Gasteiger partial charge < -0.3 is 19.5 Å². The first-order valence-corrected chi connectivity index (χ1v) is 9.36. The molecule has 0 atom stereocenters. The van der Waals surface area contributed by atoms with Crippen LogP contribution in [0.2, 0.25) is 0 Å². The van der Waals surface area contributed by atoms with Crippen molar-refractivity contribution in [1.82, 2.24) is 4.90 Å². The molecule has 1 N–H and O–H groups in total. The second kappa shape index (κ2) is 7.54. The highest BCUT2D eigenvalue weighted by atomic mass is 16.3. The molecule has 1 aliphatic rings. The van der Waals surface area contributed by atoms with E-state index >= 15 is 0 Å². The van der Waals surface area contributed by atoms with Crippen LogP contribution in [0.5, 0.6) is 0 Å². The lowest BCUT2D eigenvalue weighted by molar-refractivity contribution is 0.102. The van der Waals surface area contributed by atoms with Crippen LogP contribution in [0.3, 0.4) is 0 Å². The van der Waals surface area contributed by atoms with Gasteiger partial charge in [0.15, 0.2) is 0 Å². The third-order valence-corrected chi connectivity index (χ3v) is 5.40. The summed E-state index contributed by atoms with van der Waals surface area (Å²) in [5, 5.41) is 3.01. The minimum Gasteiger partial charge on any atom is -0.466 e. The summed E-state index contributed by atoms with van der Waals surface area (Å²) >= 11 is 0. The van der Waals surface area contributed by atoms with Crippen molar-refractivity contribution in [3.05, 3.63) is 46.4 Å². The number of nitrogens with zero attached hydrogens (tertiary/aromatic N) is 2. The van der Waals surface area contributed by atoms with Crippen LogP contribution in [0.1, 0.15) is 39.9 Å². The highest BCUT2D eigenvalue weighted by Gasteiger charge is 2.20. The summed E-state index contributed by atoms with van der Waals surface area (Å²) < 4.78 is 5.57. The van der Waals surface area contributed by atoms with Gasteiger partial charge in [0.25, 0.3) is 5.91 Å². The average molecular weight is 355 g/mol. The molecule has 1 aromatic carbocycles. The Kier molecular flexibility index (Phi) is 5.37. The van der Waals surface area contributed by atoms with Crippen molar-refractivity contribution in [2.24, 2.45) is 0 Å². The van der Waals surface area contributed by atoms with Crippen LogP contribution in [0.15, 0.2) is 22.6 Å². The molecule has 1 aliphatic heterocycles. The summed E-state index contributed by atoms with van der Waals surface area (Å²) in [5.74, 6) is 1.35. The number of carbonyl (C=O) groups is 1. The van der Waals surface area contributed by atoms with Gasteiger partial charge >= 0.3 is 0 Å². The zero-order valence-electron chi connectivity index (χ0n) is 16.5. The first-order valence-electron chi connectivity index (χ1n) is 9.36. The van der Waals surface area contributed by atoms with E-state index in [1.54, 1.807) is 0 Å². The molecule has 3 rings (SSSR count). The minimum atomic E-state index is -0.111. The molecule has 5 nitrogen and oxygen atoms in total. The molecule has 5 heteroatoms. The summed E-state index contributed by atoms with van der Waals surface area (Å²) in [5.41, 5.74) is 4.80. The number of hydrogen-bond acceptors (Lipinski definition) is 4. The maximum atomic E-state index is 12.6. The first kappa shape index (κ1) is 18.5. The second-order valence-corrected chi connectivity index (χ2v) is 7.09. The number of piperazine rings is 1. The normalized spacial score (nSPS) is 15.3. The number of aryl methyl sites for hydroxylation is 3. The van der Waals surface area contributed by atoms with Gasteiger partial charge in [0.2, 0.25) is 0 Å². The predicted octanol–water partition coefficient (Wildman–Crippen LogP) is 3.91. The Labute approximate surface area is 156 Å². The standard InChI is InChI=1S/C21H29N3O2/c1-6-23-9-11-24(12-10-23)19-8-7-18(13-14(19)2)22-21(25)20-15(3)16(4)26-17(20)5/h7-8,13H,6,9-12H2,1-5H3,(H,22,25). The van der Waals surface area contributed by atoms with E-state index in [1.165, 1.54) is 11.3 Å². The van der Waals surface area contributed by atoms with E-state index in [-0.39, 0.29) is 5.91 Å². The number of rotatable bonds is 4. The van der Waals surface area contributed by atoms with Crippen molar-refractivity contribution in [1.29, 1.82) is 0 Å². The maximum absolute atomic E-state index is 12.6. The molecule has 1 saturated heterocycles. The zero-order valence-corrected chi connectivity index (χ0v) is 16.5. The van der Waals surface area contributed by atoms with Gasteiger partial charge in [-0.25, -0.2) is 0 Å². The predicted molar refractivity (Wildman–Crippen MR) is 106 cm³/mol. The maximum Gasteiger partial charge on any atom is 0.259 e. The lowest BCUT2D eigenvalue weighted by atomic mass is 10.1. The Morgan fingerprint density at radius 2 is 1.77 bits per heavy atom. The number of furan rings is 1. The number of nitrogens with one attached hydrogen (secondary N) is 1. The van der Waals surface area contributed by atoms with Gasteiger partial charge in [-0.1, -0.05) is 6.92 Å². The average Bonchev–Trinajstić information content (AvgIpc) is 2.87. The Balaban J connectivity index is 1.73. The summed E-state index contributed by atoms with van der Waals surface area (Å²) in [4.78, 5) is 17.6. The Morgan fingerprint density at radius 1 is 1.08 bits per heavy atom. The number of carbonyl (C=O) groups excluding carboxylic acids is 1. The van der Waals surface area contributed by atoms with Crippen molar-refractivity contribution in [3.8, 4) is 0 Å². The highest BCUT2D eigenvalue weighted by molar-refractivity contribution is 6.06. The molecule has 1 aromatic heterocycles. The Bertz CT molecular complexity index is 802. The molecule has 0 spiro atoms. The minimum absolute atomic E-state index is 0.111. The molecule has 1 amide bonds. The van der Waals surface area contributed by atoms with Gasteiger partial charge in [-0.15, -0.1) is 0 Å². The van der Waals surface area contributed by atoms with Gasteiger partial charge in [0.1, 0.15) is 11.5 Å². The van der Waals surface area contributed by atoms with Crippen LogP contribution in [-0.4, -0.2) is 43.5 Å². The molecule has 26 heavy (non-hydrogen) atoms. The SMILES string of the molecule is CCN1CCN(c2ccc(NC(=O)c3c(C)oc(C)c3C)cc2C)CC1. The van der Waals surface area contributed by atoms with E-state index < -0.39 is 0 Å². The lowest BCUT2D eigenvalue weighted by Gasteiger charge is -2.36. The number of anilines is 2. The van der Waals surface area contributed by atoms with Crippen molar-refractivity contribution in [2.75, 3.05) is 42.9 Å². The fourth-order valence-corrected chi connectivity index (χ4v) is 3.71. The van der Waals surface area contributed by atoms with Crippen LogP contribution in [0.25, 0.3) is 0 Å². The molecule has 2 heterocycles. The molecule has 0 radical (unpaired) electrons. The molecule has 0 unspecified atom stereocenters. The smallest absolute Gasteiger partial charge is 0.259 e. The van der Waals surface area contributed by atoms with Gasteiger partial charge in [-0.2, -0.15) is 0 Å². The van der Waals surface area contributed by atoms with Crippen LogP contribution in [-0.2, 0) is 0 Å². The number of benzene rings is 1. The third-order valence-electron chi connectivity index (χ3n) is 5.40. The van der Waals surface area contributed by atoms with E-state index in [0.717, 1.165) is 49.7 Å². The van der Waals surface area contributed by atoms with Crippen molar-refractivity contribution < 1.29 is 9.21 Å². The Morgan fingerprint density at radius 3 is 2.31 bits per heavy atom. The van der Waals surface area contributed by atoms with Gasteiger partial charge in [-0.05, 0) is 58.0 Å². The van der Waals surface area contributed by atoms with Crippen LogP contribution in [0.4, 0.5) is 11.4 Å². The monoisotopic (exact) mass is 355 g/mol. The molecule has 0 aliphatic carbocycles. The quantitative estimate of drug-likeness (QED) is 0.903. The van der Waals surface area contributed by atoms with Gasteiger partial charge in [0, 0.05) is 43.1 Å². The van der Waals surface area contributed by atoms with Crippen LogP contribution in [0, 0.1) is 27.7 Å². The van der Waals surface area contributed by atoms with E-state index in [9.17, 15) is 4.79 Å². The fraction of sp³-hybridized carbons (Fsp3) is 0.476. The van der Waals surface area contributed by atoms with E-state index in [0.29, 0.717) is 11.3 Å². The topological polar surface area (TPSA) is 48.7 Å². The van der Waals surface area contributed by atoms with Crippen LogP contribution < -0.4 is 10.2 Å². The largest absolute Gasteiger partial charge is 0.466 e. The van der Waals surface area contributed by atoms with E-state index in [2.05, 4.69) is 41.1 Å². The number of likely N-dealkylation sites (N-methyl/N-ethyl adjacent to an activating group) is 1. The van der Waals surface area contributed by atoms with E-state index in [4.69, 9.17) is 4.42 Å². The van der Waals surface area contributed by atoms with E-state index in [1.807, 2.05) is 26.8 Å². The second-order valence-electron chi connectivity index (χ2n) is 7.09. The fourth-order valence-electron chi connectivity index (χ4n) is 3.71. The summed E-state index contributed by atoms with van der Waals surface area (Å²) in [7, 11) is 0. The number of amides is 1. The lowest BCUT2D eigenvalue weighted by Crippen LogP contribution is -2.46. The molecular formula is C21H29N3O2. The molecule has 1 fully saturated rings. The summed E-state index contributed by atoms with van der Waals surface area (Å²) in [6.45, 7) is 15.4. The summed E-state index contributed by atoms with van der Waals surface area (Å²) in [6.07, 6.45) is 0. The molecule has 0 saturated carbocycles. The molecule has 2 aromatic rings. The summed E-state index contributed by atoms with van der Waals surface area (Å²) in [6, 6.07) is 6.16. The van der Waals surface area contributed by atoms with Crippen molar-refractivity contribution in [3.63, 3.8) is 0 Å². The Hall–Kier alpha value is -2.27. The number of hydrogen-bond donors (Lipinski definition) is 1. The molecule has 0 bridgehead atoms. The van der Waals surface area contributed by atoms with Crippen molar-refractivity contribution in [2.45, 2.75) is 34.6 Å². The third kappa shape index (κ3) is 3.63. The zero-order chi connectivity index (χ0) is 18.8. The molecule has 140 valence electrons. The first-order chi connectivity index (χ1) is 12.4. The highest BCUT2D eigenvalue weighted by Crippen LogP contribution is 2.26. The van der Waals surface area contributed by atoms with Gasteiger partial charge in [-0.3, -0.25) is 4.79 Å². The van der Waals surface area contributed by atoms with Gasteiger partial charge in [0.05, 0.1) is 5.56 Å². The molecular weight excluding hydrogens is 326 g/mol. The van der Waals surface area contributed by atoms with Crippen molar-refractivity contribution >= 4 is 17.3 Å². The van der Waals surface area contributed by atoms with Crippen LogP contribution >= 0.6 is 0 Å².